The van der Waals surface area contributed by atoms with Crippen molar-refractivity contribution in [3.05, 3.63) is 16.1 Å². The highest BCUT2D eigenvalue weighted by molar-refractivity contribution is 9.10. The van der Waals surface area contributed by atoms with Gasteiger partial charge in [-0.25, -0.2) is 4.68 Å². The molecule has 0 aliphatic rings. The summed E-state index contributed by atoms with van der Waals surface area (Å²) in [5, 5.41) is 3.80. The van der Waals surface area contributed by atoms with Gasteiger partial charge >= 0.3 is 0 Å². The first kappa shape index (κ1) is 6.74. The van der Waals surface area contributed by atoms with Crippen molar-refractivity contribution in [1.29, 1.82) is 0 Å². The van der Waals surface area contributed by atoms with Gasteiger partial charge in [0.15, 0.2) is 0 Å². The van der Waals surface area contributed by atoms with Crippen LogP contribution in [0.5, 0.6) is 0 Å². The van der Waals surface area contributed by atoms with Crippen molar-refractivity contribution in [3.63, 3.8) is 0 Å². The topological polar surface area (TPSA) is 17.8 Å². The van der Waals surface area contributed by atoms with E-state index in [2.05, 4.69) is 21.0 Å². The van der Waals surface area contributed by atoms with Gasteiger partial charge < -0.3 is 0 Å². The van der Waals surface area contributed by atoms with Gasteiger partial charge in [-0.3, -0.25) is 0 Å². The van der Waals surface area contributed by atoms with Crippen molar-refractivity contribution in [2.24, 2.45) is 7.05 Å². The third-order valence-corrected chi connectivity index (χ3v) is 1.98. The predicted molar refractivity (Wildman–Crippen MR) is 35.6 cm³/mol. The molecule has 0 unspecified atom stereocenters. The lowest BCUT2D eigenvalue weighted by atomic mass is 10.5. The van der Waals surface area contributed by atoms with Gasteiger partial charge in [0.1, 0.15) is 0 Å². The molecule has 0 bridgehead atoms. The average Bonchev–Trinajstić information content (AvgIpc) is 1.98. The van der Waals surface area contributed by atoms with E-state index in [1.54, 1.807) is 14.0 Å². The highest BCUT2D eigenvalue weighted by atomic mass is 79.9. The van der Waals surface area contributed by atoms with E-state index in [0.29, 0.717) is 10.2 Å². The molecule has 0 radical (unpaired) electrons. The summed E-state index contributed by atoms with van der Waals surface area (Å²) in [5.41, 5.74) is 0.676. The number of rotatable bonds is 0. The summed E-state index contributed by atoms with van der Waals surface area (Å²) in [6.07, 6.45) is 0. The van der Waals surface area contributed by atoms with E-state index in [4.69, 9.17) is 0 Å². The molecule has 9 heavy (non-hydrogen) atoms. The molecule has 0 saturated carbocycles. The minimum Gasteiger partial charge on any atom is -0.241 e. The first-order chi connectivity index (χ1) is 4.13. The smallest absolute Gasteiger partial charge is 0.225 e. The molecule has 0 fully saturated rings. The van der Waals surface area contributed by atoms with Crippen LogP contribution in [0.15, 0.2) is 4.47 Å². The molecule has 2 nitrogen and oxygen atoms in total. The van der Waals surface area contributed by atoms with Crippen molar-refractivity contribution < 1.29 is 4.39 Å². The first-order valence-electron chi connectivity index (χ1n) is 2.47. The zero-order valence-electron chi connectivity index (χ0n) is 5.15. The highest BCUT2D eigenvalue weighted by Gasteiger charge is 2.07. The normalized spacial score (nSPS) is 10.2. The number of aromatic nitrogens is 2. The second kappa shape index (κ2) is 2.10. The zero-order chi connectivity index (χ0) is 7.02. The molecule has 4 heteroatoms. The van der Waals surface area contributed by atoms with Crippen molar-refractivity contribution in [2.75, 3.05) is 0 Å². The summed E-state index contributed by atoms with van der Waals surface area (Å²) >= 11 is 3.04. The van der Waals surface area contributed by atoms with Gasteiger partial charge in [-0.05, 0) is 22.9 Å². The van der Waals surface area contributed by atoms with Crippen LogP contribution in [0.3, 0.4) is 0 Å². The van der Waals surface area contributed by atoms with E-state index in [1.807, 2.05) is 0 Å². The summed E-state index contributed by atoms with van der Waals surface area (Å²) in [6.45, 7) is 1.74. The fourth-order valence-electron chi connectivity index (χ4n) is 0.604. The fraction of sp³-hybridized carbons (Fsp3) is 0.400. The molecule has 1 aromatic rings. The Kier molecular flexibility index (Phi) is 1.57. The fourth-order valence-corrected chi connectivity index (χ4v) is 0.940. The number of hydrogen-bond acceptors (Lipinski definition) is 1. The largest absolute Gasteiger partial charge is 0.241 e. The summed E-state index contributed by atoms with van der Waals surface area (Å²) in [4.78, 5) is 0. The third kappa shape index (κ3) is 0.986. The predicted octanol–water partition coefficient (Wildman–Crippen LogP) is 1.63. The Hall–Kier alpha value is -0.380. The number of hydrogen-bond donors (Lipinski definition) is 0. The lowest BCUT2D eigenvalue weighted by Crippen LogP contribution is -1.93. The van der Waals surface area contributed by atoms with Crippen molar-refractivity contribution in [3.8, 4) is 0 Å². The lowest BCUT2D eigenvalue weighted by Gasteiger charge is -1.85. The van der Waals surface area contributed by atoms with Gasteiger partial charge in [0.05, 0.1) is 10.2 Å². The van der Waals surface area contributed by atoms with Gasteiger partial charge in [-0.1, -0.05) is 0 Å². The van der Waals surface area contributed by atoms with Crippen LogP contribution < -0.4 is 0 Å². The van der Waals surface area contributed by atoms with Crippen molar-refractivity contribution in [2.45, 2.75) is 6.92 Å². The third-order valence-electron chi connectivity index (χ3n) is 1.08. The van der Waals surface area contributed by atoms with Crippen LogP contribution in [0.4, 0.5) is 4.39 Å². The van der Waals surface area contributed by atoms with Crippen LogP contribution in [-0.2, 0) is 7.05 Å². The maximum absolute atomic E-state index is 12.6. The lowest BCUT2D eigenvalue weighted by molar-refractivity contribution is 0.499. The van der Waals surface area contributed by atoms with Gasteiger partial charge in [-0.2, -0.15) is 9.49 Å². The molecule has 50 valence electrons. The van der Waals surface area contributed by atoms with E-state index < -0.39 is 0 Å². The number of aryl methyl sites for hydroxylation is 2. The van der Waals surface area contributed by atoms with Gasteiger partial charge in [0.2, 0.25) is 5.95 Å². The molecule has 0 aliphatic heterocycles. The first-order valence-corrected chi connectivity index (χ1v) is 3.27. The van der Waals surface area contributed by atoms with Gasteiger partial charge in [0, 0.05) is 7.05 Å². The molecule has 0 spiro atoms. The minimum atomic E-state index is -0.326. The molecular weight excluding hydrogens is 187 g/mol. The Labute approximate surface area is 60.8 Å². The number of nitrogens with zero attached hydrogens (tertiary/aromatic N) is 2. The summed E-state index contributed by atoms with van der Waals surface area (Å²) < 4.78 is 14.2. The minimum absolute atomic E-state index is 0.326. The van der Waals surface area contributed by atoms with Crippen LogP contribution in [0.2, 0.25) is 0 Å². The maximum Gasteiger partial charge on any atom is 0.225 e. The Morgan fingerprint density at radius 3 is 2.33 bits per heavy atom. The Bertz CT molecular complexity index is 209. The molecule has 1 aromatic heterocycles. The van der Waals surface area contributed by atoms with Crippen LogP contribution in [-0.4, -0.2) is 9.78 Å². The second-order valence-corrected chi connectivity index (χ2v) is 2.61. The summed E-state index contributed by atoms with van der Waals surface area (Å²) in [6, 6.07) is 0. The molecule has 1 rings (SSSR count). The van der Waals surface area contributed by atoms with Crippen LogP contribution in [0.25, 0.3) is 0 Å². The summed E-state index contributed by atoms with van der Waals surface area (Å²) in [7, 11) is 1.56. The van der Waals surface area contributed by atoms with E-state index >= 15 is 0 Å². The molecule has 0 saturated heterocycles. The summed E-state index contributed by atoms with van der Waals surface area (Å²) in [5.74, 6) is -0.326. The molecule has 0 aromatic carbocycles. The van der Waals surface area contributed by atoms with Crippen molar-refractivity contribution >= 4 is 15.9 Å². The molecular formula is C5H6BrFN2. The average molecular weight is 193 g/mol. The number of halogens is 2. The monoisotopic (exact) mass is 192 g/mol. The van der Waals surface area contributed by atoms with E-state index in [9.17, 15) is 4.39 Å². The Morgan fingerprint density at radius 2 is 2.22 bits per heavy atom. The van der Waals surface area contributed by atoms with E-state index in [-0.39, 0.29) is 5.95 Å². The second-order valence-electron chi connectivity index (χ2n) is 1.81. The van der Waals surface area contributed by atoms with Crippen LogP contribution >= 0.6 is 15.9 Å². The standard InChI is InChI=1S/C5H6BrFN2/c1-3-4(6)5(7)9(2)8-3/h1-2H3. The maximum atomic E-state index is 12.6. The molecule has 0 amide bonds. The molecule has 1 heterocycles. The Balaban J connectivity index is 3.29. The molecule has 0 atom stereocenters. The molecule has 0 N–H and O–H groups in total. The van der Waals surface area contributed by atoms with E-state index in [0.717, 1.165) is 0 Å². The van der Waals surface area contributed by atoms with Gasteiger partial charge in [0.25, 0.3) is 0 Å². The van der Waals surface area contributed by atoms with Gasteiger partial charge in [-0.15, -0.1) is 0 Å². The molecule has 0 aliphatic carbocycles. The zero-order valence-corrected chi connectivity index (χ0v) is 6.74. The SMILES string of the molecule is Cc1nn(C)c(F)c1Br. The van der Waals surface area contributed by atoms with E-state index in [1.165, 1.54) is 4.68 Å². The van der Waals surface area contributed by atoms with Crippen molar-refractivity contribution in [1.82, 2.24) is 9.78 Å². The van der Waals surface area contributed by atoms with Crippen LogP contribution in [0.1, 0.15) is 5.69 Å². The highest BCUT2D eigenvalue weighted by Crippen LogP contribution is 2.17. The Morgan fingerprint density at radius 1 is 1.67 bits per heavy atom. The quantitative estimate of drug-likeness (QED) is 0.612. The van der Waals surface area contributed by atoms with Crippen LogP contribution in [0, 0.1) is 12.9 Å².